The topological polar surface area (TPSA) is 168 Å². The fourth-order valence-corrected chi connectivity index (χ4v) is 1.02. The molecule has 0 heterocycles. The van der Waals surface area contributed by atoms with E-state index >= 15 is 0 Å². The molecule has 16 heavy (non-hydrogen) atoms. The summed E-state index contributed by atoms with van der Waals surface area (Å²) >= 11 is 0. The lowest BCUT2D eigenvalue weighted by Crippen LogP contribution is -2.02. The summed E-state index contributed by atoms with van der Waals surface area (Å²) in [6.45, 7) is 0. The summed E-state index contributed by atoms with van der Waals surface area (Å²) in [7, 11) is -10.1. The number of phosphoric ester groups is 2. The third-order valence-corrected chi connectivity index (χ3v) is 1.61. The largest absolute Gasteiger partial charge is 0.527 e. The monoisotopic (exact) mass is 276 g/mol. The second-order valence-electron chi connectivity index (χ2n) is 2.14. The summed E-state index contributed by atoms with van der Waals surface area (Å²) in [4.78, 5) is 53.6. The Bertz CT molecular complexity index is 359. The molecule has 0 bridgehead atoms. The summed E-state index contributed by atoms with van der Waals surface area (Å²) in [5.74, 6) is -3.15. The highest BCUT2D eigenvalue weighted by molar-refractivity contribution is 7.47. The molecule has 12 heteroatoms. The first-order valence-corrected chi connectivity index (χ1v) is 6.32. The van der Waals surface area contributed by atoms with Crippen LogP contribution in [0, 0.1) is 0 Å². The second kappa shape index (κ2) is 5.35. The number of rotatable bonds is 4. The molecule has 0 unspecified atom stereocenters. The van der Waals surface area contributed by atoms with E-state index in [0.29, 0.717) is 0 Å². The van der Waals surface area contributed by atoms with Crippen molar-refractivity contribution in [3.63, 3.8) is 0 Å². The van der Waals surface area contributed by atoms with Crippen LogP contribution >= 0.6 is 15.6 Å². The Hall–Kier alpha value is -1.02. The van der Waals surface area contributed by atoms with E-state index in [1.807, 2.05) is 0 Å². The van der Waals surface area contributed by atoms with E-state index in [-0.39, 0.29) is 12.2 Å². The molecule has 0 aromatic carbocycles. The van der Waals surface area contributed by atoms with Gasteiger partial charge in [-0.25, -0.2) is 18.7 Å². The molecule has 0 saturated carbocycles. The van der Waals surface area contributed by atoms with Gasteiger partial charge in [0, 0.05) is 12.2 Å². The Labute approximate surface area is 88.0 Å². The van der Waals surface area contributed by atoms with E-state index in [0.717, 1.165) is 0 Å². The van der Waals surface area contributed by atoms with Crippen molar-refractivity contribution in [3.8, 4) is 0 Å². The first-order valence-electron chi connectivity index (χ1n) is 3.26. The normalized spacial score (nSPS) is 12.5. The fraction of sp³-hybridized carbons (Fsp3) is 0. The van der Waals surface area contributed by atoms with Gasteiger partial charge in [-0.2, -0.15) is 0 Å². The van der Waals surface area contributed by atoms with Crippen LogP contribution < -0.4 is 0 Å². The number of hydrogen-bond acceptors (Lipinski definition) is 6. The highest BCUT2D eigenvalue weighted by Crippen LogP contribution is 2.37. The Morgan fingerprint density at radius 2 is 1.06 bits per heavy atom. The first kappa shape index (κ1) is 15.0. The fourth-order valence-electron chi connectivity index (χ4n) is 0.431. The highest BCUT2D eigenvalue weighted by Gasteiger charge is 2.20. The lowest BCUT2D eigenvalue weighted by molar-refractivity contribution is -0.133. The van der Waals surface area contributed by atoms with Gasteiger partial charge in [0.25, 0.3) is 0 Å². The molecule has 0 atom stereocenters. The minimum Gasteiger partial charge on any atom is -0.367 e. The van der Waals surface area contributed by atoms with Crippen molar-refractivity contribution in [1.82, 2.24) is 0 Å². The Morgan fingerprint density at radius 1 is 0.812 bits per heavy atom. The zero-order chi connectivity index (χ0) is 13.0. The molecule has 0 saturated heterocycles. The van der Waals surface area contributed by atoms with E-state index in [4.69, 9.17) is 19.6 Å². The molecule has 0 aromatic heterocycles. The standard InChI is InChI=1S/C4H6O10P2/c5-3(13-15(7,8)9)1-2-4(6)14-16(10,11)12/h1-2H,(H2,7,8,9)(H2,10,11,12)/b2-1+. The van der Waals surface area contributed by atoms with Gasteiger partial charge in [0.1, 0.15) is 0 Å². The predicted octanol–water partition coefficient (Wildman–Crippen LogP) is -1.19. The highest BCUT2D eigenvalue weighted by atomic mass is 31.2. The van der Waals surface area contributed by atoms with Gasteiger partial charge >= 0.3 is 27.6 Å². The average molecular weight is 276 g/mol. The Morgan fingerprint density at radius 3 is 1.25 bits per heavy atom. The van der Waals surface area contributed by atoms with Crippen molar-refractivity contribution in [3.05, 3.63) is 12.2 Å². The summed E-state index contributed by atoms with van der Waals surface area (Å²) in [5, 5.41) is 0. The maximum atomic E-state index is 10.5. The minimum absolute atomic E-state index is 0.233. The maximum absolute atomic E-state index is 10.5. The van der Waals surface area contributed by atoms with Crippen molar-refractivity contribution in [1.29, 1.82) is 0 Å². The van der Waals surface area contributed by atoms with Crippen molar-refractivity contribution in [2.75, 3.05) is 0 Å². The molecular formula is C4H6O10P2. The van der Waals surface area contributed by atoms with Crippen LogP contribution in [-0.4, -0.2) is 31.5 Å². The van der Waals surface area contributed by atoms with E-state index in [1.54, 1.807) is 0 Å². The van der Waals surface area contributed by atoms with Gasteiger partial charge in [0.2, 0.25) is 0 Å². The van der Waals surface area contributed by atoms with Crippen molar-refractivity contribution in [2.24, 2.45) is 0 Å². The molecule has 10 nitrogen and oxygen atoms in total. The lowest BCUT2D eigenvalue weighted by atomic mass is 10.5. The summed E-state index contributed by atoms with van der Waals surface area (Å²) in [5.41, 5.74) is 0. The quantitative estimate of drug-likeness (QED) is 0.362. The van der Waals surface area contributed by atoms with Crippen LogP contribution in [0.25, 0.3) is 0 Å². The van der Waals surface area contributed by atoms with Gasteiger partial charge in [0.05, 0.1) is 0 Å². The Kier molecular flexibility index (Phi) is 5.01. The summed E-state index contributed by atoms with van der Waals surface area (Å²) in [6, 6.07) is 0. The summed E-state index contributed by atoms with van der Waals surface area (Å²) < 4.78 is 27.1. The molecule has 4 N–H and O–H groups in total. The molecule has 0 fully saturated rings. The molecule has 0 radical (unpaired) electrons. The Balaban J connectivity index is 4.30. The van der Waals surface area contributed by atoms with Gasteiger partial charge in [-0.15, -0.1) is 0 Å². The van der Waals surface area contributed by atoms with Gasteiger partial charge in [-0.3, -0.25) is 19.6 Å². The molecule has 0 spiro atoms. The van der Waals surface area contributed by atoms with Crippen molar-refractivity contribution >= 4 is 27.6 Å². The van der Waals surface area contributed by atoms with Crippen molar-refractivity contribution in [2.45, 2.75) is 0 Å². The van der Waals surface area contributed by atoms with E-state index in [1.165, 1.54) is 0 Å². The summed E-state index contributed by atoms with van der Waals surface area (Å²) in [6.07, 6.45) is 0.466. The molecule has 0 aliphatic carbocycles. The van der Waals surface area contributed by atoms with E-state index in [9.17, 15) is 18.7 Å². The molecule has 0 aromatic rings. The van der Waals surface area contributed by atoms with E-state index < -0.39 is 27.6 Å². The maximum Gasteiger partial charge on any atom is 0.527 e. The smallest absolute Gasteiger partial charge is 0.367 e. The van der Waals surface area contributed by atoms with Gasteiger partial charge < -0.3 is 9.05 Å². The van der Waals surface area contributed by atoms with Crippen LogP contribution in [0.1, 0.15) is 0 Å². The van der Waals surface area contributed by atoms with Crippen LogP contribution in [0.5, 0.6) is 0 Å². The minimum atomic E-state index is -5.03. The number of hydrogen-bond donors (Lipinski definition) is 4. The molecular weight excluding hydrogens is 270 g/mol. The average Bonchev–Trinajstić information content (AvgIpc) is 1.94. The first-order chi connectivity index (χ1) is 6.99. The third-order valence-electron chi connectivity index (χ3n) is 0.773. The third kappa shape index (κ3) is 9.53. The molecule has 0 rings (SSSR count). The van der Waals surface area contributed by atoms with Crippen LogP contribution in [0.4, 0.5) is 0 Å². The molecule has 0 aliphatic rings. The second-order valence-corrected chi connectivity index (χ2v) is 4.46. The van der Waals surface area contributed by atoms with Crippen LogP contribution in [0.2, 0.25) is 0 Å². The number of carbonyl (C=O) groups excluding carboxylic acids is 2. The van der Waals surface area contributed by atoms with Crippen molar-refractivity contribution < 1.29 is 47.3 Å². The van der Waals surface area contributed by atoms with Crippen LogP contribution in [-0.2, 0) is 27.8 Å². The van der Waals surface area contributed by atoms with Gasteiger partial charge in [0.15, 0.2) is 0 Å². The van der Waals surface area contributed by atoms with Crippen LogP contribution in [0.15, 0.2) is 12.2 Å². The molecule has 0 aliphatic heterocycles. The number of phosphoric acid groups is 2. The zero-order valence-electron chi connectivity index (χ0n) is 7.29. The lowest BCUT2D eigenvalue weighted by Gasteiger charge is -2.02. The zero-order valence-corrected chi connectivity index (χ0v) is 9.08. The predicted molar refractivity (Wildman–Crippen MR) is 45.4 cm³/mol. The molecule has 0 amide bonds. The van der Waals surface area contributed by atoms with Crippen LogP contribution in [0.3, 0.4) is 0 Å². The van der Waals surface area contributed by atoms with Gasteiger partial charge in [-0.05, 0) is 0 Å². The molecule has 92 valence electrons. The van der Waals surface area contributed by atoms with Gasteiger partial charge in [-0.1, -0.05) is 0 Å². The van der Waals surface area contributed by atoms with E-state index in [2.05, 4.69) is 9.05 Å². The SMILES string of the molecule is O=C(/C=C/C(=O)OP(=O)(O)O)OP(=O)(O)O. The number of carbonyl (C=O) groups is 2.